The van der Waals surface area contributed by atoms with Gasteiger partial charge in [-0.25, -0.2) is 9.97 Å². The molecule has 24 heavy (non-hydrogen) atoms. The first-order valence-electron chi connectivity index (χ1n) is 7.27. The van der Waals surface area contributed by atoms with Gasteiger partial charge < -0.3 is 9.84 Å². The van der Waals surface area contributed by atoms with Crippen LogP contribution in [0.25, 0.3) is 22.8 Å². The Morgan fingerprint density at radius 2 is 1.75 bits per heavy atom. The van der Waals surface area contributed by atoms with Gasteiger partial charge in [-0.2, -0.15) is 4.98 Å². The molecule has 4 rings (SSSR count). The lowest BCUT2D eigenvalue weighted by Gasteiger charge is -2.04. The minimum Gasteiger partial charge on any atom is -0.334 e. The minimum absolute atomic E-state index is 0.437. The highest BCUT2D eigenvalue weighted by Gasteiger charge is 2.11. The number of aromatic nitrogens is 5. The fraction of sp³-hybridized carbons (Fsp3) is 0. The Bertz CT molecular complexity index is 939. The molecule has 7 heteroatoms. The first-order valence-corrected chi connectivity index (χ1v) is 7.27. The molecule has 0 saturated heterocycles. The van der Waals surface area contributed by atoms with Crippen LogP contribution in [-0.2, 0) is 0 Å². The molecular weight excluding hydrogens is 304 g/mol. The first-order chi connectivity index (χ1) is 11.9. The molecule has 1 N–H and O–H groups in total. The number of anilines is 2. The molecule has 0 radical (unpaired) electrons. The largest absolute Gasteiger partial charge is 0.334 e. The van der Waals surface area contributed by atoms with E-state index in [2.05, 4.69) is 30.4 Å². The lowest BCUT2D eigenvalue weighted by molar-refractivity contribution is 0.432. The smallest absolute Gasteiger partial charge is 0.258 e. The summed E-state index contributed by atoms with van der Waals surface area (Å²) in [4.78, 5) is 16.8. The van der Waals surface area contributed by atoms with E-state index >= 15 is 0 Å². The molecule has 0 saturated carbocycles. The molecule has 0 bridgehead atoms. The topological polar surface area (TPSA) is 89.6 Å². The Morgan fingerprint density at radius 1 is 0.875 bits per heavy atom. The molecule has 0 fully saturated rings. The summed E-state index contributed by atoms with van der Waals surface area (Å²) >= 11 is 0. The predicted molar refractivity (Wildman–Crippen MR) is 88.3 cm³/mol. The highest BCUT2D eigenvalue weighted by Crippen LogP contribution is 2.24. The van der Waals surface area contributed by atoms with Crippen molar-refractivity contribution in [1.29, 1.82) is 0 Å². The molecule has 7 nitrogen and oxygen atoms in total. The molecule has 3 aromatic heterocycles. The van der Waals surface area contributed by atoms with Crippen LogP contribution in [0.15, 0.2) is 71.8 Å². The van der Waals surface area contributed by atoms with Gasteiger partial charge in [-0.15, -0.1) is 0 Å². The fourth-order valence-electron chi connectivity index (χ4n) is 2.18. The molecule has 0 amide bonds. The van der Waals surface area contributed by atoms with E-state index in [-0.39, 0.29) is 0 Å². The number of hydrogen-bond acceptors (Lipinski definition) is 7. The standard InChI is InChI=1S/C17H12N6O/c1-4-12(10-14(6-1)21-17-19-8-3-9-20-17)16-22-15(23-24-16)13-5-2-7-18-11-13/h1-11H,(H,19,20,21). The van der Waals surface area contributed by atoms with Gasteiger partial charge in [0, 0.05) is 41.6 Å². The van der Waals surface area contributed by atoms with Crippen molar-refractivity contribution in [2.45, 2.75) is 0 Å². The van der Waals surface area contributed by atoms with Gasteiger partial charge in [0.1, 0.15) is 0 Å². The fourth-order valence-corrected chi connectivity index (χ4v) is 2.18. The van der Waals surface area contributed by atoms with E-state index in [1.165, 1.54) is 0 Å². The van der Waals surface area contributed by atoms with Crippen LogP contribution in [0.1, 0.15) is 0 Å². The summed E-state index contributed by atoms with van der Waals surface area (Å²) in [6.45, 7) is 0. The Morgan fingerprint density at radius 3 is 2.58 bits per heavy atom. The highest BCUT2D eigenvalue weighted by molar-refractivity contribution is 5.65. The summed E-state index contributed by atoms with van der Waals surface area (Å²) in [5, 5.41) is 7.14. The van der Waals surface area contributed by atoms with Crippen LogP contribution in [0.2, 0.25) is 0 Å². The van der Waals surface area contributed by atoms with Crippen LogP contribution in [0.5, 0.6) is 0 Å². The molecule has 4 aromatic rings. The van der Waals surface area contributed by atoms with Crippen molar-refractivity contribution in [3.8, 4) is 22.8 Å². The maximum Gasteiger partial charge on any atom is 0.258 e. The van der Waals surface area contributed by atoms with Crippen molar-refractivity contribution in [2.75, 3.05) is 5.32 Å². The van der Waals surface area contributed by atoms with Gasteiger partial charge >= 0.3 is 0 Å². The zero-order chi connectivity index (χ0) is 16.2. The molecule has 0 atom stereocenters. The van der Waals surface area contributed by atoms with Gasteiger partial charge in [0.2, 0.25) is 11.8 Å². The molecule has 3 heterocycles. The summed E-state index contributed by atoms with van der Waals surface area (Å²) in [5.74, 6) is 1.46. The zero-order valence-electron chi connectivity index (χ0n) is 12.5. The summed E-state index contributed by atoms with van der Waals surface area (Å²) < 4.78 is 5.36. The van der Waals surface area contributed by atoms with E-state index in [1.807, 2.05) is 36.4 Å². The van der Waals surface area contributed by atoms with E-state index < -0.39 is 0 Å². The maximum absolute atomic E-state index is 5.36. The monoisotopic (exact) mass is 316 g/mol. The third kappa shape index (κ3) is 2.95. The SMILES string of the molecule is c1cnc(Nc2cccc(-c3nc(-c4cccnc4)no3)c2)nc1. The summed E-state index contributed by atoms with van der Waals surface area (Å²) in [6.07, 6.45) is 6.75. The van der Waals surface area contributed by atoms with E-state index in [0.717, 1.165) is 16.8 Å². The van der Waals surface area contributed by atoms with Gasteiger partial charge in [0.15, 0.2) is 0 Å². The van der Waals surface area contributed by atoms with Crippen LogP contribution in [0, 0.1) is 0 Å². The normalized spacial score (nSPS) is 10.5. The van der Waals surface area contributed by atoms with E-state index in [4.69, 9.17) is 4.52 Å². The first kappa shape index (κ1) is 14.0. The van der Waals surface area contributed by atoms with E-state index in [1.54, 1.807) is 30.9 Å². The van der Waals surface area contributed by atoms with E-state index in [9.17, 15) is 0 Å². The molecule has 0 aliphatic heterocycles. The molecule has 0 aliphatic rings. The van der Waals surface area contributed by atoms with Gasteiger partial charge in [-0.1, -0.05) is 11.2 Å². The molecule has 116 valence electrons. The Labute approximate surface area is 137 Å². The Balaban J connectivity index is 1.61. The van der Waals surface area contributed by atoms with Crippen molar-refractivity contribution in [3.05, 3.63) is 67.3 Å². The zero-order valence-corrected chi connectivity index (χ0v) is 12.5. The molecular formula is C17H12N6O. The Kier molecular flexibility index (Phi) is 3.65. The average Bonchev–Trinajstić information content (AvgIpc) is 3.14. The third-order valence-electron chi connectivity index (χ3n) is 3.28. The summed E-state index contributed by atoms with van der Waals surface area (Å²) in [5.41, 5.74) is 2.44. The maximum atomic E-state index is 5.36. The lowest BCUT2D eigenvalue weighted by atomic mass is 10.2. The third-order valence-corrected chi connectivity index (χ3v) is 3.28. The molecule has 1 aromatic carbocycles. The lowest BCUT2D eigenvalue weighted by Crippen LogP contribution is -1.95. The van der Waals surface area contributed by atoms with Crippen LogP contribution in [0.4, 0.5) is 11.6 Å². The van der Waals surface area contributed by atoms with Crippen molar-refractivity contribution in [2.24, 2.45) is 0 Å². The molecule has 0 spiro atoms. The van der Waals surface area contributed by atoms with Gasteiger partial charge in [-0.05, 0) is 36.4 Å². The number of benzene rings is 1. The molecule has 0 aliphatic carbocycles. The van der Waals surface area contributed by atoms with Crippen LogP contribution in [0.3, 0.4) is 0 Å². The summed E-state index contributed by atoms with van der Waals surface area (Å²) in [7, 11) is 0. The van der Waals surface area contributed by atoms with Crippen molar-refractivity contribution in [1.82, 2.24) is 25.1 Å². The van der Waals surface area contributed by atoms with Crippen LogP contribution in [-0.4, -0.2) is 25.1 Å². The molecule has 0 unspecified atom stereocenters. The van der Waals surface area contributed by atoms with Crippen molar-refractivity contribution >= 4 is 11.6 Å². The van der Waals surface area contributed by atoms with Crippen LogP contribution < -0.4 is 5.32 Å². The second kappa shape index (κ2) is 6.25. The van der Waals surface area contributed by atoms with Crippen molar-refractivity contribution < 1.29 is 4.52 Å². The van der Waals surface area contributed by atoms with E-state index in [0.29, 0.717) is 17.7 Å². The average molecular weight is 316 g/mol. The number of nitrogens with zero attached hydrogens (tertiary/aromatic N) is 5. The van der Waals surface area contributed by atoms with Crippen molar-refractivity contribution in [3.63, 3.8) is 0 Å². The Hall–Kier alpha value is -3.61. The minimum atomic E-state index is 0.437. The second-order valence-electron chi connectivity index (χ2n) is 4.94. The number of hydrogen-bond donors (Lipinski definition) is 1. The van der Waals surface area contributed by atoms with Crippen LogP contribution >= 0.6 is 0 Å². The number of pyridine rings is 1. The highest BCUT2D eigenvalue weighted by atomic mass is 16.5. The quantitative estimate of drug-likeness (QED) is 0.617. The van der Waals surface area contributed by atoms with Gasteiger partial charge in [0.25, 0.3) is 5.89 Å². The van der Waals surface area contributed by atoms with Gasteiger partial charge in [0.05, 0.1) is 0 Å². The number of rotatable bonds is 4. The predicted octanol–water partition coefficient (Wildman–Crippen LogP) is 3.33. The summed E-state index contributed by atoms with van der Waals surface area (Å²) in [6, 6.07) is 13.1. The van der Waals surface area contributed by atoms with Gasteiger partial charge in [-0.3, -0.25) is 4.98 Å². The number of nitrogens with one attached hydrogen (secondary N) is 1. The second-order valence-corrected chi connectivity index (χ2v) is 4.94.